The summed E-state index contributed by atoms with van der Waals surface area (Å²) in [4.78, 5) is 18.7. The number of aryl methyl sites for hydroxylation is 1. The zero-order valence-electron chi connectivity index (χ0n) is 21.4. The maximum Gasteiger partial charge on any atom is 0.250 e. The van der Waals surface area contributed by atoms with E-state index < -0.39 is 0 Å². The van der Waals surface area contributed by atoms with Crippen LogP contribution in [-0.4, -0.2) is 41.4 Å². The quantitative estimate of drug-likeness (QED) is 0.314. The molecule has 3 heterocycles. The van der Waals surface area contributed by atoms with E-state index in [0.717, 1.165) is 34.2 Å². The summed E-state index contributed by atoms with van der Waals surface area (Å²) in [5, 5.41) is 6.95. The predicted molar refractivity (Wildman–Crippen MR) is 152 cm³/mol. The van der Waals surface area contributed by atoms with Gasteiger partial charge in [-0.3, -0.25) is 9.78 Å². The van der Waals surface area contributed by atoms with E-state index in [1.54, 1.807) is 13.3 Å². The van der Waals surface area contributed by atoms with Gasteiger partial charge in [-0.25, -0.2) is 0 Å². The van der Waals surface area contributed by atoms with Crippen molar-refractivity contribution in [1.82, 2.24) is 14.9 Å². The summed E-state index contributed by atoms with van der Waals surface area (Å²) >= 11 is 5.89. The Balaban J connectivity index is 1.58. The third-order valence-corrected chi connectivity index (χ3v) is 6.86. The summed E-state index contributed by atoms with van der Waals surface area (Å²) in [6.07, 6.45) is 1.80. The highest BCUT2D eigenvalue weighted by atomic mass is 32.1. The smallest absolute Gasteiger partial charge is 0.250 e. The Morgan fingerprint density at radius 1 is 1.00 bits per heavy atom. The topological polar surface area (TPSA) is 80.7 Å². The number of pyridine rings is 1. The third-order valence-electron chi connectivity index (χ3n) is 6.54. The minimum atomic E-state index is -0.209. The van der Waals surface area contributed by atoms with Gasteiger partial charge in [0.1, 0.15) is 18.4 Å². The third kappa shape index (κ3) is 4.98. The van der Waals surface area contributed by atoms with Gasteiger partial charge >= 0.3 is 0 Å². The molecule has 0 unspecified atom stereocenters. The summed E-state index contributed by atoms with van der Waals surface area (Å²) in [5.41, 5.74) is 5.66. The SMILES string of the molecule is COCC(=O)Nc1ccc(N2C(=S)N[C@@H](c3ccccn3)[C@@H]2c2ccc(C)n2-c2ccc(OC)cc2)cc1. The highest BCUT2D eigenvalue weighted by Crippen LogP contribution is 2.43. The van der Waals surface area contributed by atoms with Crippen molar-refractivity contribution in [3.05, 3.63) is 102 Å². The Labute approximate surface area is 227 Å². The number of benzene rings is 2. The number of carbonyl (C=O) groups excluding carboxylic acids is 1. The van der Waals surface area contributed by atoms with Crippen molar-refractivity contribution in [3.8, 4) is 11.4 Å². The molecule has 0 radical (unpaired) electrons. The maximum atomic E-state index is 12.0. The number of thiocarbonyl (C=S) groups is 1. The van der Waals surface area contributed by atoms with Gasteiger partial charge in [-0.05, 0) is 91.9 Å². The zero-order valence-corrected chi connectivity index (χ0v) is 22.2. The minimum Gasteiger partial charge on any atom is -0.497 e. The van der Waals surface area contributed by atoms with Crippen molar-refractivity contribution < 1.29 is 14.3 Å². The number of methoxy groups -OCH3 is 2. The Bertz CT molecular complexity index is 1420. The van der Waals surface area contributed by atoms with Crippen LogP contribution >= 0.6 is 12.2 Å². The lowest BCUT2D eigenvalue weighted by Crippen LogP contribution is -2.30. The van der Waals surface area contributed by atoms with E-state index in [1.807, 2.05) is 66.7 Å². The standard InChI is InChI=1S/C29H29N5O3S/c1-19-7-16-25(33(19)21-12-14-23(37-3)15-13-21)28-27(24-6-4-5-17-30-24)32-29(38)34(28)22-10-8-20(9-11-22)31-26(35)18-36-2/h4-17,27-28H,18H2,1-3H3,(H,31,35)(H,32,38)/t27-,28-/m0/s1. The van der Waals surface area contributed by atoms with Crippen molar-refractivity contribution in [3.63, 3.8) is 0 Å². The molecule has 1 amide bonds. The minimum absolute atomic E-state index is 0.00257. The molecule has 2 N–H and O–H groups in total. The Kier molecular flexibility index (Phi) is 7.39. The van der Waals surface area contributed by atoms with Crippen LogP contribution in [-0.2, 0) is 9.53 Å². The average molecular weight is 528 g/mol. The molecule has 1 saturated heterocycles. The number of ether oxygens (including phenoxy) is 2. The van der Waals surface area contributed by atoms with Gasteiger partial charge in [0.2, 0.25) is 5.91 Å². The zero-order chi connectivity index (χ0) is 26.6. The number of hydrogen-bond acceptors (Lipinski definition) is 5. The maximum absolute atomic E-state index is 12.0. The van der Waals surface area contributed by atoms with Crippen LogP contribution in [0.25, 0.3) is 5.69 Å². The Morgan fingerprint density at radius 3 is 2.39 bits per heavy atom. The number of anilines is 2. The molecule has 0 spiro atoms. The van der Waals surface area contributed by atoms with Gasteiger partial charge in [-0.2, -0.15) is 0 Å². The first-order valence-electron chi connectivity index (χ1n) is 12.2. The Morgan fingerprint density at radius 2 is 1.74 bits per heavy atom. The van der Waals surface area contributed by atoms with E-state index in [2.05, 4.69) is 44.1 Å². The number of nitrogens with one attached hydrogen (secondary N) is 2. The van der Waals surface area contributed by atoms with E-state index in [1.165, 1.54) is 7.11 Å². The molecular weight excluding hydrogens is 498 g/mol. The highest BCUT2D eigenvalue weighted by Gasteiger charge is 2.42. The van der Waals surface area contributed by atoms with Gasteiger partial charge < -0.3 is 29.6 Å². The molecule has 4 aromatic rings. The van der Waals surface area contributed by atoms with Gasteiger partial charge in [0.25, 0.3) is 0 Å². The highest BCUT2D eigenvalue weighted by molar-refractivity contribution is 7.80. The lowest BCUT2D eigenvalue weighted by atomic mass is 10.0. The van der Waals surface area contributed by atoms with Crippen molar-refractivity contribution in [2.24, 2.45) is 0 Å². The number of amides is 1. The molecule has 0 aliphatic carbocycles. The molecule has 9 heteroatoms. The lowest BCUT2D eigenvalue weighted by molar-refractivity contribution is -0.119. The molecular formula is C29H29N5O3S. The molecule has 0 bridgehead atoms. The van der Waals surface area contributed by atoms with Crippen LogP contribution in [0, 0.1) is 6.92 Å². The van der Waals surface area contributed by atoms with Crippen LogP contribution in [0.4, 0.5) is 11.4 Å². The summed E-state index contributed by atoms with van der Waals surface area (Å²) in [6, 6.07) is 25.4. The molecule has 1 fully saturated rings. The van der Waals surface area contributed by atoms with Crippen molar-refractivity contribution in [2.75, 3.05) is 31.0 Å². The van der Waals surface area contributed by atoms with Gasteiger partial charge in [0.05, 0.1) is 18.8 Å². The summed E-state index contributed by atoms with van der Waals surface area (Å²) in [6.45, 7) is 2.09. The predicted octanol–water partition coefficient (Wildman–Crippen LogP) is 4.95. The fourth-order valence-electron chi connectivity index (χ4n) is 4.84. The molecule has 0 saturated carbocycles. The first kappa shape index (κ1) is 25.4. The molecule has 5 rings (SSSR count). The molecule has 1 aliphatic heterocycles. The van der Waals surface area contributed by atoms with E-state index in [9.17, 15) is 4.79 Å². The number of nitrogens with zero attached hydrogens (tertiary/aromatic N) is 3. The second kappa shape index (κ2) is 11.0. The number of hydrogen-bond donors (Lipinski definition) is 2. The monoisotopic (exact) mass is 527 g/mol. The fraction of sp³-hybridized carbons (Fsp3) is 0.207. The molecule has 8 nitrogen and oxygen atoms in total. The number of rotatable bonds is 8. The van der Waals surface area contributed by atoms with E-state index in [-0.39, 0.29) is 24.6 Å². The Hall–Kier alpha value is -4.21. The van der Waals surface area contributed by atoms with Crippen LogP contribution in [0.5, 0.6) is 5.75 Å². The van der Waals surface area contributed by atoms with Gasteiger partial charge in [-0.1, -0.05) is 6.07 Å². The van der Waals surface area contributed by atoms with Crippen molar-refractivity contribution >= 4 is 34.6 Å². The molecule has 38 heavy (non-hydrogen) atoms. The molecule has 1 aliphatic rings. The first-order chi connectivity index (χ1) is 18.5. The van der Waals surface area contributed by atoms with Crippen molar-refractivity contribution in [2.45, 2.75) is 19.0 Å². The molecule has 194 valence electrons. The van der Waals surface area contributed by atoms with E-state index in [4.69, 9.17) is 21.7 Å². The van der Waals surface area contributed by atoms with Crippen LogP contribution in [0.2, 0.25) is 0 Å². The lowest BCUT2D eigenvalue weighted by Gasteiger charge is -2.29. The average Bonchev–Trinajstić information content (AvgIpc) is 3.49. The second-order valence-electron chi connectivity index (χ2n) is 8.96. The second-order valence-corrected chi connectivity index (χ2v) is 9.34. The van der Waals surface area contributed by atoms with Gasteiger partial charge in [0.15, 0.2) is 5.11 Å². The van der Waals surface area contributed by atoms with Gasteiger partial charge in [-0.15, -0.1) is 0 Å². The molecule has 2 aromatic heterocycles. The molecule has 2 aromatic carbocycles. The van der Waals surface area contributed by atoms with Crippen LogP contribution in [0.1, 0.15) is 29.2 Å². The summed E-state index contributed by atoms with van der Waals surface area (Å²) in [5.74, 6) is 0.592. The normalized spacial score (nSPS) is 16.8. The first-order valence-corrected chi connectivity index (χ1v) is 12.6. The summed E-state index contributed by atoms with van der Waals surface area (Å²) in [7, 11) is 3.15. The van der Waals surface area contributed by atoms with Crippen LogP contribution in [0.3, 0.4) is 0 Å². The summed E-state index contributed by atoms with van der Waals surface area (Å²) < 4.78 is 12.5. The van der Waals surface area contributed by atoms with E-state index >= 15 is 0 Å². The number of carbonyl (C=O) groups is 1. The number of aromatic nitrogens is 2. The van der Waals surface area contributed by atoms with Crippen molar-refractivity contribution in [1.29, 1.82) is 0 Å². The fourth-order valence-corrected chi connectivity index (χ4v) is 5.19. The van der Waals surface area contributed by atoms with Crippen LogP contribution in [0.15, 0.2) is 85.1 Å². The van der Waals surface area contributed by atoms with Crippen LogP contribution < -0.4 is 20.3 Å². The van der Waals surface area contributed by atoms with Gasteiger partial charge in [0, 0.05) is 41.8 Å². The largest absolute Gasteiger partial charge is 0.497 e. The molecule has 2 atom stereocenters. The van der Waals surface area contributed by atoms with E-state index in [0.29, 0.717) is 10.8 Å².